The zero-order chi connectivity index (χ0) is 13.1. The quantitative estimate of drug-likeness (QED) is 0.662. The maximum atomic E-state index is 10.6. The van der Waals surface area contributed by atoms with Crippen LogP contribution in [0.15, 0.2) is 30.3 Å². The maximum Gasteiger partial charge on any atom is 0.269 e. The van der Waals surface area contributed by atoms with Crippen LogP contribution in [0, 0.1) is 17.0 Å². The number of nitro groups is 1. The van der Waals surface area contributed by atoms with Gasteiger partial charge in [0.2, 0.25) is 0 Å². The van der Waals surface area contributed by atoms with Crippen molar-refractivity contribution in [3.05, 3.63) is 46.1 Å². The minimum atomic E-state index is -0.431. The molecule has 1 aromatic carbocycles. The Balaban J connectivity index is 2.42. The summed E-state index contributed by atoms with van der Waals surface area (Å²) in [5.74, 6) is 1.27. The second-order valence-electron chi connectivity index (χ2n) is 3.77. The second kappa shape index (κ2) is 4.79. The standard InChI is InChI=1S/C12H12N4O2/c1-8-7-11(13-2)15-12(14-8)9-3-5-10(6-4-9)16(17)18/h3-7H,1-2H3,(H,13,14,15). The number of nitrogens with one attached hydrogen (secondary N) is 1. The van der Waals surface area contributed by atoms with Crippen molar-refractivity contribution in [2.45, 2.75) is 6.92 Å². The molecule has 0 bridgehead atoms. The molecule has 18 heavy (non-hydrogen) atoms. The smallest absolute Gasteiger partial charge is 0.269 e. The predicted octanol–water partition coefficient (Wildman–Crippen LogP) is 2.40. The molecule has 0 aliphatic rings. The van der Waals surface area contributed by atoms with E-state index >= 15 is 0 Å². The van der Waals surface area contributed by atoms with Gasteiger partial charge in [0, 0.05) is 36.5 Å². The van der Waals surface area contributed by atoms with Crippen LogP contribution in [0.5, 0.6) is 0 Å². The summed E-state index contributed by atoms with van der Waals surface area (Å²) in [6, 6.07) is 8.01. The summed E-state index contributed by atoms with van der Waals surface area (Å²) in [5, 5.41) is 13.5. The van der Waals surface area contributed by atoms with Gasteiger partial charge in [-0.05, 0) is 19.1 Å². The molecule has 1 aromatic heterocycles. The number of hydrogen-bond acceptors (Lipinski definition) is 5. The SMILES string of the molecule is CNc1cc(C)nc(-c2ccc([N+](=O)[O-])cc2)n1. The molecule has 0 aliphatic heterocycles. The number of anilines is 1. The summed E-state index contributed by atoms with van der Waals surface area (Å²) >= 11 is 0. The third-order valence-electron chi connectivity index (χ3n) is 2.45. The van der Waals surface area contributed by atoms with Gasteiger partial charge in [0.05, 0.1) is 4.92 Å². The molecule has 0 aliphatic carbocycles. The van der Waals surface area contributed by atoms with Gasteiger partial charge in [0.25, 0.3) is 5.69 Å². The molecule has 0 atom stereocenters. The van der Waals surface area contributed by atoms with Crippen molar-refractivity contribution in [3.8, 4) is 11.4 Å². The van der Waals surface area contributed by atoms with Gasteiger partial charge in [-0.2, -0.15) is 0 Å². The van der Waals surface area contributed by atoms with Crippen molar-refractivity contribution in [1.29, 1.82) is 0 Å². The van der Waals surface area contributed by atoms with Crippen molar-refractivity contribution in [2.75, 3.05) is 12.4 Å². The van der Waals surface area contributed by atoms with Crippen LogP contribution in [0.3, 0.4) is 0 Å². The lowest BCUT2D eigenvalue weighted by atomic mass is 10.2. The Morgan fingerprint density at radius 2 is 1.89 bits per heavy atom. The number of non-ortho nitro benzene ring substituents is 1. The summed E-state index contributed by atoms with van der Waals surface area (Å²) in [6.07, 6.45) is 0. The van der Waals surface area contributed by atoms with E-state index in [1.54, 1.807) is 19.2 Å². The molecule has 1 heterocycles. The van der Waals surface area contributed by atoms with E-state index in [-0.39, 0.29) is 5.69 Å². The molecule has 0 saturated carbocycles. The lowest BCUT2D eigenvalue weighted by molar-refractivity contribution is -0.384. The minimum Gasteiger partial charge on any atom is -0.373 e. The van der Waals surface area contributed by atoms with Gasteiger partial charge < -0.3 is 5.32 Å². The predicted molar refractivity (Wildman–Crippen MR) is 68.4 cm³/mol. The van der Waals surface area contributed by atoms with Crippen molar-refractivity contribution >= 4 is 11.5 Å². The highest BCUT2D eigenvalue weighted by molar-refractivity contribution is 5.59. The molecule has 0 saturated heterocycles. The Kier molecular flexibility index (Phi) is 3.18. The van der Waals surface area contributed by atoms with Crippen LogP contribution in [0.2, 0.25) is 0 Å². The molecule has 0 fully saturated rings. The fourth-order valence-corrected chi connectivity index (χ4v) is 1.56. The molecule has 0 unspecified atom stereocenters. The zero-order valence-electron chi connectivity index (χ0n) is 10.0. The molecule has 2 aromatic rings. The average molecular weight is 244 g/mol. The number of benzene rings is 1. The Hall–Kier alpha value is -2.50. The third-order valence-corrected chi connectivity index (χ3v) is 2.45. The number of aryl methyl sites for hydroxylation is 1. The lowest BCUT2D eigenvalue weighted by Crippen LogP contribution is -1.98. The summed E-state index contributed by atoms with van der Waals surface area (Å²) in [5.41, 5.74) is 1.64. The molecule has 0 spiro atoms. The Labute approximate surface area is 104 Å². The molecule has 2 rings (SSSR count). The molecule has 92 valence electrons. The van der Waals surface area contributed by atoms with E-state index < -0.39 is 4.92 Å². The van der Waals surface area contributed by atoms with E-state index in [1.165, 1.54) is 12.1 Å². The number of rotatable bonds is 3. The number of hydrogen-bond donors (Lipinski definition) is 1. The number of nitro benzene ring substituents is 1. The fraction of sp³-hybridized carbons (Fsp3) is 0.167. The van der Waals surface area contributed by atoms with Crippen molar-refractivity contribution in [2.24, 2.45) is 0 Å². The number of nitrogens with zero attached hydrogens (tertiary/aromatic N) is 3. The van der Waals surface area contributed by atoms with Gasteiger partial charge in [-0.25, -0.2) is 9.97 Å². The van der Waals surface area contributed by atoms with Crippen LogP contribution in [0.4, 0.5) is 11.5 Å². The van der Waals surface area contributed by atoms with Gasteiger partial charge in [0.15, 0.2) is 5.82 Å². The largest absolute Gasteiger partial charge is 0.373 e. The van der Waals surface area contributed by atoms with E-state index in [9.17, 15) is 10.1 Å². The topological polar surface area (TPSA) is 81.0 Å². The molecule has 6 heteroatoms. The van der Waals surface area contributed by atoms with E-state index in [0.717, 1.165) is 17.1 Å². The molecule has 6 nitrogen and oxygen atoms in total. The van der Waals surface area contributed by atoms with E-state index in [4.69, 9.17) is 0 Å². The molecular formula is C12H12N4O2. The highest BCUT2D eigenvalue weighted by atomic mass is 16.6. The van der Waals surface area contributed by atoms with Crippen LogP contribution in [-0.2, 0) is 0 Å². The average Bonchev–Trinajstić information content (AvgIpc) is 2.38. The van der Waals surface area contributed by atoms with E-state index in [2.05, 4.69) is 15.3 Å². The first-order valence-corrected chi connectivity index (χ1v) is 5.38. The monoisotopic (exact) mass is 244 g/mol. The summed E-state index contributed by atoms with van der Waals surface area (Å²) in [7, 11) is 1.78. The highest BCUT2D eigenvalue weighted by Crippen LogP contribution is 2.20. The minimum absolute atomic E-state index is 0.0558. The van der Waals surface area contributed by atoms with E-state index in [0.29, 0.717) is 5.82 Å². The first kappa shape index (κ1) is 12.0. The van der Waals surface area contributed by atoms with Crippen molar-refractivity contribution in [1.82, 2.24) is 9.97 Å². The Morgan fingerprint density at radius 1 is 1.22 bits per heavy atom. The first-order chi connectivity index (χ1) is 8.60. The highest BCUT2D eigenvalue weighted by Gasteiger charge is 2.08. The van der Waals surface area contributed by atoms with Gasteiger partial charge >= 0.3 is 0 Å². The van der Waals surface area contributed by atoms with E-state index in [1.807, 2.05) is 13.0 Å². The maximum absolute atomic E-state index is 10.6. The first-order valence-electron chi connectivity index (χ1n) is 5.38. The summed E-state index contributed by atoms with van der Waals surface area (Å²) in [6.45, 7) is 1.87. The van der Waals surface area contributed by atoms with Gasteiger partial charge in [-0.1, -0.05) is 0 Å². The molecular weight excluding hydrogens is 232 g/mol. The second-order valence-corrected chi connectivity index (χ2v) is 3.77. The van der Waals surface area contributed by atoms with Gasteiger partial charge in [0.1, 0.15) is 5.82 Å². The van der Waals surface area contributed by atoms with Crippen LogP contribution in [0.25, 0.3) is 11.4 Å². The van der Waals surface area contributed by atoms with Gasteiger partial charge in [-0.3, -0.25) is 10.1 Å². The zero-order valence-corrected chi connectivity index (χ0v) is 10.0. The lowest BCUT2D eigenvalue weighted by Gasteiger charge is -2.05. The summed E-state index contributed by atoms with van der Waals surface area (Å²) < 4.78 is 0. The van der Waals surface area contributed by atoms with Gasteiger partial charge in [-0.15, -0.1) is 0 Å². The number of aromatic nitrogens is 2. The van der Waals surface area contributed by atoms with Crippen LogP contribution in [-0.4, -0.2) is 21.9 Å². The van der Waals surface area contributed by atoms with Crippen molar-refractivity contribution < 1.29 is 4.92 Å². The Bertz CT molecular complexity index is 581. The Morgan fingerprint density at radius 3 is 2.44 bits per heavy atom. The summed E-state index contributed by atoms with van der Waals surface area (Å²) in [4.78, 5) is 18.7. The van der Waals surface area contributed by atoms with Crippen LogP contribution in [0.1, 0.15) is 5.69 Å². The van der Waals surface area contributed by atoms with Crippen LogP contribution < -0.4 is 5.32 Å². The molecule has 0 amide bonds. The third kappa shape index (κ3) is 2.42. The van der Waals surface area contributed by atoms with Crippen LogP contribution >= 0.6 is 0 Å². The molecule has 1 N–H and O–H groups in total. The fourth-order valence-electron chi connectivity index (χ4n) is 1.56. The molecule has 0 radical (unpaired) electrons. The van der Waals surface area contributed by atoms with Crippen molar-refractivity contribution in [3.63, 3.8) is 0 Å². The normalized spacial score (nSPS) is 10.1.